The van der Waals surface area contributed by atoms with E-state index in [-0.39, 0.29) is 5.91 Å². The molecule has 5 rings (SSSR count). The first-order chi connectivity index (χ1) is 15.7. The number of fused-ring (bicyclic) bond motifs is 1. The van der Waals surface area contributed by atoms with Crippen molar-refractivity contribution in [1.29, 1.82) is 0 Å². The van der Waals surface area contributed by atoms with E-state index in [9.17, 15) is 4.79 Å². The van der Waals surface area contributed by atoms with Gasteiger partial charge >= 0.3 is 6.01 Å². The lowest BCUT2D eigenvalue weighted by Crippen LogP contribution is -2.23. The molecule has 32 heavy (non-hydrogen) atoms. The Labute approximate surface area is 190 Å². The second-order valence-corrected chi connectivity index (χ2v) is 8.53. The van der Waals surface area contributed by atoms with E-state index in [1.165, 1.54) is 12.8 Å². The molecule has 1 saturated heterocycles. The molecule has 0 unspecified atom stereocenters. The van der Waals surface area contributed by atoms with Crippen LogP contribution in [0.5, 0.6) is 6.01 Å². The number of hydrogen-bond donors (Lipinski definition) is 1. The van der Waals surface area contributed by atoms with Crippen LogP contribution in [0.15, 0.2) is 54.2 Å². The van der Waals surface area contributed by atoms with Gasteiger partial charge in [0.1, 0.15) is 0 Å². The molecule has 162 valence electrons. The van der Waals surface area contributed by atoms with Crippen molar-refractivity contribution in [3.05, 3.63) is 65.4 Å². The molecular weight excluding hydrogens is 422 g/mol. The maximum Gasteiger partial charge on any atom is 0.316 e. The predicted octanol–water partition coefficient (Wildman–Crippen LogP) is 4.29. The van der Waals surface area contributed by atoms with Crippen LogP contribution in [0.25, 0.3) is 21.9 Å². The fraction of sp³-hybridized carbons (Fsp3) is 0.250. The maximum absolute atomic E-state index is 12.8. The molecule has 0 atom stereocenters. The average molecular weight is 446 g/mol. The monoisotopic (exact) mass is 445 g/mol. The minimum absolute atomic E-state index is 0.110. The number of hydrogen-bond acceptors (Lipinski definition) is 7. The third-order valence-electron chi connectivity index (χ3n) is 5.61. The highest BCUT2D eigenvalue weighted by Crippen LogP contribution is 2.29. The van der Waals surface area contributed by atoms with Gasteiger partial charge in [-0.1, -0.05) is 24.3 Å². The summed E-state index contributed by atoms with van der Waals surface area (Å²) >= 11 is 1.64. The molecule has 2 aromatic heterocycles. The molecule has 0 bridgehead atoms. The Morgan fingerprint density at radius 1 is 1.16 bits per heavy atom. The van der Waals surface area contributed by atoms with Gasteiger partial charge in [0.15, 0.2) is 5.13 Å². The van der Waals surface area contributed by atoms with E-state index >= 15 is 0 Å². The summed E-state index contributed by atoms with van der Waals surface area (Å²) in [6.45, 7) is 2.56. The van der Waals surface area contributed by atoms with Gasteiger partial charge < -0.3 is 15.0 Å². The number of aromatic nitrogens is 3. The van der Waals surface area contributed by atoms with Crippen molar-refractivity contribution in [2.75, 3.05) is 25.1 Å². The Morgan fingerprint density at radius 2 is 1.97 bits per heavy atom. The maximum atomic E-state index is 12.8. The quantitative estimate of drug-likeness (QED) is 0.477. The first kappa shape index (κ1) is 20.4. The molecule has 0 radical (unpaired) electrons. The zero-order chi connectivity index (χ0) is 21.9. The van der Waals surface area contributed by atoms with Gasteiger partial charge in [-0.2, -0.15) is 0 Å². The van der Waals surface area contributed by atoms with Gasteiger partial charge in [-0.15, -0.1) is 11.3 Å². The summed E-state index contributed by atoms with van der Waals surface area (Å²) in [5.74, 6) is -0.110. The van der Waals surface area contributed by atoms with Crippen LogP contribution < -0.4 is 15.0 Å². The molecule has 1 N–H and O–H groups in total. The molecule has 0 aliphatic carbocycles. The highest BCUT2D eigenvalue weighted by Gasteiger charge is 2.16. The number of nitrogens with zero attached hydrogens (tertiary/aromatic N) is 4. The summed E-state index contributed by atoms with van der Waals surface area (Å²) in [6.07, 6.45) is 5.93. The molecule has 0 saturated carbocycles. The lowest BCUT2D eigenvalue weighted by Gasteiger charge is -2.12. The normalized spacial score (nSPS) is 13.5. The SMILES string of the molecule is COc1ncc(-c2cccc3cc(C(=O)NCc4csc(N5CCCC5)n4)ccc23)cn1. The van der Waals surface area contributed by atoms with E-state index in [1.54, 1.807) is 30.8 Å². The Bertz CT molecular complexity index is 1250. The zero-order valence-corrected chi connectivity index (χ0v) is 18.6. The van der Waals surface area contributed by atoms with E-state index in [0.29, 0.717) is 18.1 Å². The van der Waals surface area contributed by atoms with Crippen molar-refractivity contribution in [1.82, 2.24) is 20.3 Å². The van der Waals surface area contributed by atoms with Gasteiger partial charge in [0.2, 0.25) is 0 Å². The fourth-order valence-electron chi connectivity index (χ4n) is 3.94. The highest BCUT2D eigenvalue weighted by molar-refractivity contribution is 7.13. The Hall–Kier alpha value is -3.52. The van der Waals surface area contributed by atoms with Gasteiger partial charge in [-0.25, -0.2) is 15.0 Å². The standard InChI is InChI=1S/C24H23N5O2S/c1-31-23-26-12-18(13-27-23)20-6-4-5-16-11-17(7-8-21(16)20)22(30)25-14-19-15-32-24(28-19)29-9-2-3-10-29/h4-8,11-13,15H,2-3,9-10,14H2,1H3,(H,25,30). The summed E-state index contributed by atoms with van der Waals surface area (Å²) in [6, 6.07) is 12.1. The number of ether oxygens (including phenoxy) is 1. The number of carbonyl (C=O) groups is 1. The largest absolute Gasteiger partial charge is 0.467 e. The number of methoxy groups -OCH3 is 1. The van der Waals surface area contributed by atoms with Crippen molar-refractivity contribution in [3.8, 4) is 17.1 Å². The number of anilines is 1. The number of carbonyl (C=O) groups excluding carboxylic acids is 1. The molecule has 0 spiro atoms. The van der Waals surface area contributed by atoms with Crippen LogP contribution in [0.4, 0.5) is 5.13 Å². The Kier molecular flexibility index (Phi) is 5.68. The molecule has 4 aromatic rings. The molecule has 8 heteroatoms. The minimum atomic E-state index is -0.110. The second kappa shape index (κ2) is 8.92. The smallest absolute Gasteiger partial charge is 0.316 e. The fourth-order valence-corrected chi connectivity index (χ4v) is 4.82. The van der Waals surface area contributed by atoms with Crippen LogP contribution in [-0.4, -0.2) is 41.1 Å². The summed E-state index contributed by atoms with van der Waals surface area (Å²) in [5, 5.41) is 8.09. The van der Waals surface area contributed by atoms with Crippen molar-refractivity contribution >= 4 is 33.1 Å². The van der Waals surface area contributed by atoms with E-state index in [2.05, 4.69) is 25.2 Å². The summed E-state index contributed by atoms with van der Waals surface area (Å²) in [4.78, 5) is 28.2. The van der Waals surface area contributed by atoms with Gasteiger partial charge in [0.25, 0.3) is 5.91 Å². The predicted molar refractivity (Wildman–Crippen MR) is 126 cm³/mol. The molecule has 1 amide bonds. The van der Waals surface area contributed by atoms with E-state index in [0.717, 1.165) is 45.8 Å². The van der Waals surface area contributed by atoms with Crippen LogP contribution in [-0.2, 0) is 6.54 Å². The van der Waals surface area contributed by atoms with Crippen LogP contribution >= 0.6 is 11.3 Å². The minimum Gasteiger partial charge on any atom is -0.467 e. The highest BCUT2D eigenvalue weighted by atomic mass is 32.1. The van der Waals surface area contributed by atoms with Crippen LogP contribution in [0, 0.1) is 0 Å². The number of amides is 1. The molecule has 7 nitrogen and oxygen atoms in total. The number of rotatable bonds is 6. The van der Waals surface area contributed by atoms with Gasteiger partial charge in [0.05, 0.1) is 19.3 Å². The van der Waals surface area contributed by atoms with Crippen LogP contribution in [0.3, 0.4) is 0 Å². The topological polar surface area (TPSA) is 80.2 Å². The van der Waals surface area contributed by atoms with Crippen molar-refractivity contribution in [3.63, 3.8) is 0 Å². The summed E-state index contributed by atoms with van der Waals surface area (Å²) in [7, 11) is 1.54. The third kappa shape index (κ3) is 4.13. The Morgan fingerprint density at radius 3 is 2.75 bits per heavy atom. The van der Waals surface area contributed by atoms with Crippen molar-refractivity contribution in [2.45, 2.75) is 19.4 Å². The molecule has 1 fully saturated rings. The van der Waals surface area contributed by atoms with E-state index in [4.69, 9.17) is 4.74 Å². The lowest BCUT2D eigenvalue weighted by atomic mass is 9.98. The van der Waals surface area contributed by atoms with Crippen LogP contribution in [0.1, 0.15) is 28.9 Å². The van der Waals surface area contributed by atoms with Gasteiger partial charge in [-0.05, 0) is 41.3 Å². The van der Waals surface area contributed by atoms with Crippen molar-refractivity contribution in [2.24, 2.45) is 0 Å². The molecule has 1 aliphatic heterocycles. The summed E-state index contributed by atoms with van der Waals surface area (Å²) in [5.41, 5.74) is 3.42. The van der Waals surface area contributed by atoms with E-state index < -0.39 is 0 Å². The lowest BCUT2D eigenvalue weighted by molar-refractivity contribution is 0.0950. The molecule has 1 aliphatic rings. The molecule has 2 aromatic carbocycles. The van der Waals surface area contributed by atoms with Crippen LogP contribution in [0.2, 0.25) is 0 Å². The van der Waals surface area contributed by atoms with Crippen molar-refractivity contribution < 1.29 is 9.53 Å². The zero-order valence-electron chi connectivity index (χ0n) is 17.7. The first-order valence-electron chi connectivity index (χ1n) is 10.6. The number of nitrogens with one attached hydrogen (secondary N) is 1. The Balaban J connectivity index is 1.31. The first-order valence-corrected chi connectivity index (χ1v) is 11.5. The number of benzene rings is 2. The van der Waals surface area contributed by atoms with E-state index in [1.807, 2.05) is 41.8 Å². The summed E-state index contributed by atoms with van der Waals surface area (Å²) < 4.78 is 5.04. The molecular formula is C24H23N5O2S. The van der Waals surface area contributed by atoms with Gasteiger partial charge in [0, 0.05) is 42.0 Å². The van der Waals surface area contributed by atoms with Gasteiger partial charge in [-0.3, -0.25) is 4.79 Å². The molecule has 3 heterocycles. The average Bonchev–Trinajstić information content (AvgIpc) is 3.54. The third-order valence-corrected chi connectivity index (χ3v) is 6.56. The number of thiazole rings is 1. The second-order valence-electron chi connectivity index (χ2n) is 7.70.